The van der Waals surface area contributed by atoms with E-state index in [9.17, 15) is 8.42 Å². The highest BCUT2D eigenvalue weighted by Crippen LogP contribution is 2.31. The van der Waals surface area contributed by atoms with Crippen LogP contribution in [0.3, 0.4) is 0 Å². The number of pyridine rings is 1. The molecule has 0 saturated carbocycles. The van der Waals surface area contributed by atoms with Crippen molar-refractivity contribution in [3.63, 3.8) is 0 Å². The number of hydrogen-bond donors (Lipinski definition) is 3. The van der Waals surface area contributed by atoms with E-state index in [1.165, 1.54) is 18.5 Å². The number of nitrogens with zero attached hydrogens (tertiary/aromatic N) is 2. The summed E-state index contributed by atoms with van der Waals surface area (Å²) in [6.45, 7) is 3.83. The maximum absolute atomic E-state index is 12.2. The number of aliphatic imine (C=N–C) groups is 1. The first-order chi connectivity index (χ1) is 13.6. The maximum atomic E-state index is 12.2. The Bertz CT molecular complexity index is 903. The number of fused-ring (bicyclic) bond motifs is 1. The Hall–Kier alpha value is -2.65. The number of guanidine groups is 1. The van der Waals surface area contributed by atoms with Gasteiger partial charge in [0, 0.05) is 37.5 Å². The number of benzene rings is 1. The van der Waals surface area contributed by atoms with Crippen molar-refractivity contribution in [1.29, 1.82) is 0 Å². The minimum Gasteiger partial charge on any atom is -0.493 e. The Labute approximate surface area is 165 Å². The predicted octanol–water partition coefficient (Wildman–Crippen LogP) is 1.44. The molecule has 1 aromatic carbocycles. The first-order valence-electron chi connectivity index (χ1n) is 9.26. The predicted molar refractivity (Wildman–Crippen MR) is 108 cm³/mol. The van der Waals surface area contributed by atoms with Crippen LogP contribution in [0.4, 0.5) is 0 Å². The van der Waals surface area contributed by atoms with Crippen LogP contribution < -0.4 is 20.1 Å². The van der Waals surface area contributed by atoms with E-state index in [0.29, 0.717) is 25.7 Å². The summed E-state index contributed by atoms with van der Waals surface area (Å²) in [5.41, 5.74) is 1.09. The number of para-hydroxylation sites is 1. The van der Waals surface area contributed by atoms with Crippen LogP contribution in [0.15, 0.2) is 58.7 Å². The van der Waals surface area contributed by atoms with E-state index in [1.54, 1.807) is 6.07 Å². The van der Waals surface area contributed by atoms with Gasteiger partial charge in [0.2, 0.25) is 10.0 Å². The standard InChI is InChI=1S/C19H25N5O3S/c1-2-21-19(24-17-9-13-27-18-8-4-3-7-16(17)18)22-11-12-23-28(25,26)15-6-5-10-20-14-15/h3-8,10,14,17,23H,2,9,11-13H2,1H3,(H2,21,22,24). The minimum atomic E-state index is -3.58. The molecule has 1 atom stereocenters. The molecule has 1 aliphatic heterocycles. The lowest BCUT2D eigenvalue weighted by molar-refractivity contribution is 0.261. The molecule has 1 unspecified atom stereocenters. The number of aromatic nitrogens is 1. The highest BCUT2D eigenvalue weighted by Gasteiger charge is 2.21. The van der Waals surface area contributed by atoms with Crippen molar-refractivity contribution in [1.82, 2.24) is 20.3 Å². The van der Waals surface area contributed by atoms with Gasteiger partial charge in [-0.05, 0) is 25.1 Å². The summed E-state index contributed by atoms with van der Waals surface area (Å²) in [6.07, 6.45) is 3.68. The van der Waals surface area contributed by atoms with Crippen LogP contribution >= 0.6 is 0 Å². The molecule has 0 bridgehead atoms. The molecule has 150 valence electrons. The van der Waals surface area contributed by atoms with Crippen LogP contribution in [0.1, 0.15) is 24.9 Å². The summed E-state index contributed by atoms with van der Waals surface area (Å²) in [7, 11) is -3.58. The van der Waals surface area contributed by atoms with Gasteiger partial charge in [0.25, 0.3) is 0 Å². The third-order valence-electron chi connectivity index (χ3n) is 4.23. The third kappa shape index (κ3) is 5.20. The molecule has 0 amide bonds. The average molecular weight is 404 g/mol. The van der Waals surface area contributed by atoms with E-state index in [2.05, 4.69) is 25.3 Å². The molecular formula is C19H25N5O3S. The zero-order chi connectivity index (χ0) is 19.8. The monoisotopic (exact) mass is 403 g/mol. The van der Waals surface area contributed by atoms with E-state index >= 15 is 0 Å². The summed E-state index contributed by atoms with van der Waals surface area (Å²) in [6, 6.07) is 11.1. The number of hydrogen-bond acceptors (Lipinski definition) is 5. The Morgan fingerprint density at radius 3 is 2.93 bits per heavy atom. The molecule has 1 aliphatic rings. The summed E-state index contributed by atoms with van der Waals surface area (Å²) < 4.78 is 32.7. The van der Waals surface area contributed by atoms with Crippen molar-refractivity contribution >= 4 is 16.0 Å². The van der Waals surface area contributed by atoms with Gasteiger partial charge in [-0.2, -0.15) is 0 Å². The smallest absolute Gasteiger partial charge is 0.242 e. The van der Waals surface area contributed by atoms with Crippen LogP contribution in [0.2, 0.25) is 0 Å². The van der Waals surface area contributed by atoms with Gasteiger partial charge in [0.15, 0.2) is 5.96 Å². The Kier molecular flexibility index (Phi) is 6.83. The van der Waals surface area contributed by atoms with Crippen molar-refractivity contribution in [3.05, 3.63) is 54.4 Å². The fraction of sp³-hybridized carbons (Fsp3) is 0.368. The Balaban J connectivity index is 1.59. The van der Waals surface area contributed by atoms with Gasteiger partial charge in [-0.25, -0.2) is 13.1 Å². The van der Waals surface area contributed by atoms with Crippen LogP contribution in [0, 0.1) is 0 Å². The second kappa shape index (κ2) is 9.52. The van der Waals surface area contributed by atoms with Gasteiger partial charge in [-0.1, -0.05) is 18.2 Å². The second-order valence-electron chi connectivity index (χ2n) is 6.22. The lowest BCUT2D eigenvalue weighted by Gasteiger charge is -2.28. The number of sulfonamides is 1. The molecule has 2 heterocycles. The van der Waals surface area contributed by atoms with Crippen molar-refractivity contribution in [2.75, 3.05) is 26.2 Å². The van der Waals surface area contributed by atoms with Gasteiger partial charge in [-0.3, -0.25) is 9.98 Å². The Morgan fingerprint density at radius 1 is 1.29 bits per heavy atom. The molecule has 3 N–H and O–H groups in total. The van der Waals surface area contributed by atoms with Crippen molar-refractivity contribution in [3.8, 4) is 5.75 Å². The van der Waals surface area contributed by atoms with Gasteiger partial charge >= 0.3 is 0 Å². The van der Waals surface area contributed by atoms with Crippen molar-refractivity contribution in [2.24, 2.45) is 4.99 Å². The highest BCUT2D eigenvalue weighted by atomic mass is 32.2. The third-order valence-corrected chi connectivity index (χ3v) is 5.68. The summed E-state index contributed by atoms with van der Waals surface area (Å²) in [5.74, 6) is 1.52. The zero-order valence-corrected chi connectivity index (χ0v) is 16.6. The quantitative estimate of drug-likeness (QED) is 0.367. The zero-order valence-electron chi connectivity index (χ0n) is 15.8. The van der Waals surface area contributed by atoms with Gasteiger partial charge in [0.05, 0.1) is 19.2 Å². The molecule has 3 rings (SSSR count). The minimum absolute atomic E-state index is 0.0924. The van der Waals surface area contributed by atoms with Crippen LogP contribution in [0.5, 0.6) is 5.75 Å². The maximum Gasteiger partial charge on any atom is 0.242 e. The molecule has 28 heavy (non-hydrogen) atoms. The SMILES string of the molecule is CCNC(=NCCNS(=O)(=O)c1cccnc1)NC1CCOc2ccccc21. The normalized spacial score (nSPS) is 16.8. The van der Waals surface area contributed by atoms with Crippen molar-refractivity contribution in [2.45, 2.75) is 24.3 Å². The van der Waals surface area contributed by atoms with Gasteiger partial charge in [-0.15, -0.1) is 0 Å². The Morgan fingerprint density at radius 2 is 2.14 bits per heavy atom. The molecule has 2 aromatic rings. The number of ether oxygens (including phenoxy) is 1. The lowest BCUT2D eigenvalue weighted by Crippen LogP contribution is -2.41. The topological polar surface area (TPSA) is 105 Å². The average Bonchev–Trinajstić information content (AvgIpc) is 2.72. The number of rotatable bonds is 7. The van der Waals surface area contributed by atoms with E-state index in [1.807, 2.05) is 31.2 Å². The van der Waals surface area contributed by atoms with Crippen LogP contribution in [-0.2, 0) is 10.0 Å². The first-order valence-corrected chi connectivity index (χ1v) is 10.7. The molecular weight excluding hydrogens is 378 g/mol. The molecule has 0 radical (unpaired) electrons. The molecule has 0 fully saturated rings. The molecule has 0 spiro atoms. The van der Waals surface area contributed by atoms with E-state index in [-0.39, 0.29) is 17.5 Å². The molecule has 0 aliphatic carbocycles. The van der Waals surface area contributed by atoms with Crippen LogP contribution in [-0.4, -0.2) is 45.6 Å². The lowest BCUT2D eigenvalue weighted by atomic mass is 10.0. The largest absolute Gasteiger partial charge is 0.493 e. The molecule has 8 nitrogen and oxygen atoms in total. The van der Waals surface area contributed by atoms with Gasteiger partial charge < -0.3 is 15.4 Å². The van der Waals surface area contributed by atoms with E-state index < -0.39 is 10.0 Å². The highest BCUT2D eigenvalue weighted by molar-refractivity contribution is 7.89. The van der Waals surface area contributed by atoms with E-state index in [4.69, 9.17) is 4.74 Å². The summed E-state index contributed by atoms with van der Waals surface area (Å²) >= 11 is 0. The summed E-state index contributed by atoms with van der Waals surface area (Å²) in [5, 5.41) is 6.61. The fourth-order valence-electron chi connectivity index (χ4n) is 2.91. The van der Waals surface area contributed by atoms with Crippen LogP contribution in [0.25, 0.3) is 0 Å². The molecule has 9 heteroatoms. The molecule has 0 saturated heterocycles. The van der Waals surface area contributed by atoms with Crippen molar-refractivity contribution < 1.29 is 13.2 Å². The van der Waals surface area contributed by atoms with E-state index in [0.717, 1.165) is 17.7 Å². The first kappa shape index (κ1) is 20.1. The number of nitrogens with one attached hydrogen (secondary N) is 3. The van der Waals surface area contributed by atoms with Gasteiger partial charge in [0.1, 0.15) is 10.6 Å². The second-order valence-corrected chi connectivity index (χ2v) is 7.99. The molecule has 1 aromatic heterocycles. The summed E-state index contributed by atoms with van der Waals surface area (Å²) in [4.78, 5) is 8.47. The fourth-order valence-corrected chi connectivity index (χ4v) is 3.90.